The number of rotatable bonds is 3. The molecule has 1 aromatic rings. The van der Waals surface area contributed by atoms with Gasteiger partial charge in [-0.2, -0.15) is 4.31 Å². The first kappa shape index (κ1) is 15.6. The van der Waals surface area contributed by atoms with Crippen molar-refractivity contribution in [1.29, 1.82) is 0 Å². The fraction of sp³-hybridized carbons (Fsp3) is 0.600. The molecule has 0 aromatic heterocycles. The summed E-state index contributed by atoms with van der Waals surface area (Å²) in [6.07, 6.45) is 2.46. The largest absolute Gasteiger partial charge is 0.490 e. The van der Waals surface area contributed by atoms with Gasteiger partial charge in [-0.15, -0.1) is 0 Å². The lowest BCUT2D eigenvalue weighted by molar-refractivity contribution is 0.295. The van der Waals surface area contributed by atoms with Crippen LogP contribution in [-0.2, 0) is 10.0 Å². The van der Waals surface area contributed by atoms with E-state index in [4.69, 9.17) is 9.47 Å². The van der Waals surface area contributed by atoms with E-state index in [0.29, 0.717) is 24.7 Å². The summed E-state index contributed by atoms with van der Waals surface area (Å²) >= 11 is 0. The van der Waals surface area contributed by atoms with E-state index in [9.17, 15) is 8.42 Å². The summed E-state index contributed by atoms with van der Waals surface area (Å²) in [7, 11) is -1.85. The molecule has 0 spiro atoms. The molecule has 1 aromatic carbocycles. The van der Waals surface area contributed by atoms with Crippen LogP contribution in [0.3, 0.4) is 0 Å². The van der Waals surface area contributed by atoms with Crippen molar-refractivity contribution in [3.63, 3.8) is 0 Å². The summed E-state index contributed by atoms with van der Waals surface area (Å²) in [6.45, 7) is 2.84. The number of hydrogen-bond acceptors (Lipinski definition) is 5. The first-order chi connectivity index (χ1) is 10.6. The van der Waals surface area contributed by atoms with Gasteiger partial charge in [0.1, 0.15) is 0 Å². The fourth-order valence-electron chi connectivity index (χ4n) is 2.84. The molecular formula is C15H22N2O4S. The van der Waals surface area contributed by atoms with Crippen LogP contribution in [0.25, 0.3) is 0 Å². The van der Waals surface area contributed by atoms with Crippen LogP contribution >= 0.6 is 0 Å². The molecule has 2 aliphatic heterocycles. The van der Waals surface area contributed by atoms with E-state index in [0.717, 1.165) is 32.4 Å². The Bertz CT molecular complexity index is 626. The van der Waals surface area contributed by atoms with Crippen LogP contribution in [-0.4, -0.2) is 52.1 Å². The van der Waals surface area contributed by atoms with Gasteiger partial charge in [0.25, 0.3) is 0 Å². The van der Waals surface area contributed by atoms with E-state index in [1.807, 2.05) is 0 Å². The standard InChI is InChI=1S/C15H22N2O4S/c1-17(12-5-7-16-8-6-12)22(18,19)13-3-4-14-15(11-13)21-10-2-9-20-14/h3-4,11-12,16H,2,5-10H2,1H3. The fourth-order valence-corrected chi connectivity index (χ4v) is 4.27. The van der Waals surface area contributed by atoms with Gasteiger partial charge in [-0.05, 0) is 38.1 Å². The van der Waals surface area contributed by atoms with Crippen LogP contribution in [0.2, 0.25) is 0 Å². The van der Waals surface area contributed by atoms with Gasteiger partial charge in [0, 0.05) is 25.6 Å². The van der Waals surface area contributed by atoms with E-state index in [1.54, 1.807) is 25.2 Å². The lowest BCUT2D eigenvalue weighted by atomic mass is 10.1. The second-order valence-electron chi connectivity index (χ2n) is 5.66. The maximum absolute atomic E-state index is 12.8. The van der Waals surface area contributed by atoms with Gasteiger partial charge in [0.05, 0.1) is 18.1 Å². The third kappa shape index (κ3) is 3.06. The van der Waals surface area contributed by atoms with Crippen LogP contribution in [0.5, 0.6) is 11.5 Å². The minimum Gasteiger partial charge on any atom is -0.490 e. The number of ether oxygens (including phenoxy) is 2. The van der Waals surface area contributed by atoms with Gasteiger partial charge in [-0.1, -0.05) is 0 Å². The number of piperidine rings is 1. The van der Waals surface area contributed by atoms with Crippen LogP contribution in [0, 0.1) is 0 Å². The summed E-state index contributed by atoms with van der Waals surface area (Å²) < 4.78 is 38.3. The average molecular weight is 326 g/mol. The van der Waals surface area contributed by atoms with Crippen molar-refractivity contribution < 1.29 is 17.9 Å². The number of benzene rings is 1. The quantitative estimate of drug-likeness (QED) is 0.904. The van der Waals surface area contributed by atoms with Crippen molar-refractivity contribution in [2.24, 2.45) is 0 Å². The second-order valence-corrected chi connectivity index (χ2v) is 7.66. The van der Waals surface area contributed by atoms with Gasteiger partial charge in [0.2, 0.25) is 10.0 Å². The van der Waals surface area contributed by atoms with Crippen LogP contribution < -0.4 is 14.8 Å². The van der Waals surface area contributed by atoms with E-state index in [1.165, 1.54) is 4.31 Å². The molecule has 7 heteroatoms. The van der Waals surface area contributed by atoms with Gasteiger partial charge >= 0.3 is 0 Å². The monoisotopic (exact) mass is 326 g/mol. The molecule has 0 bridgehead atoms. The van der Waals surface area contributed by atoms with E-state index in [-0.39, 0.29) is 10.9 Å². The van der Waals surface area contributed by atoms with Gasteiger partial charge in [0.15, 0.2) is 11.5 Å². The first-order valence-corrected chi connectivity index (χ1v) is 9.11. The lowest BCUT2D eigenvalue weighted by Crippen LogP contribution is -2.43. The Balaban J connectivity index is 1.86. The number of nitrogens with zero attached hydrogens (tertiary/aromatic N) is 1. The van der Waals surface area contributed by atoms with Crippen molar-refractivity contribution in [2.75, 3.05) is 33.4 Å². The molecule has 2 aliphatic rings. The molecular weight excluding hydrogens is 304 g/mol. The Morgan fingerprint density at radius 3 is 2.55 bits per heavy atom. The lowest BCUT2D eigenvalue weighted by Gasteiger charge is -2.30. The molecule has 1 fully saturated rings. The molecule has 122 valence electrons. The zero-order chi connectivity index (χ0) is 15.6. The van der Waals surface area contributed by atoms with Crippen molar-refractivity contribution in [3.05, 3.63) is 18.2 Å². The molecule has 6 nitrogen and oxygen atoms in total. The van der Waals surface area contributed by atoms with Crippen LogP contribution in [0.15, 0.2) is 23.1 Å². The summed E-state index contributed by atoms with van der Waals surface area (Å²) in [6, 6.07) is 4.90. The Labute approximate surface area is 131 Å². The Morgan fingerprint density at radius 2 is 1.82 bits per heavy atom. The molecule has 0 saturated carbocycles. The molecule has 2 heterocycles. The number of fused-ring (bicyclic) bond motifs is 1. The smallest absolute Gasteiger partial charge is 0.243 e. The minimum absolute atomic E-state index is 0.0437. The van der Waals surface area contributed by atoms with E-state index in [2.05, 4.69) is 5.32 Å². The zero-order valence-corrected chi connectivity index (χ0v) is 13.6. The summed E-state index contributed by atoms with van der Waals surface area (Å²) in [5.74, 6) is 1.12. The van der Waals surface area contributed by atoms with Gasteiger partial charge in [-0.3, -0.25) is 0 Å². The van der Waals surface area contributed by atoms with E-state index >= 15 is 0 Å². The molecule has 0 radical (unpaired) electrons. The predicted molar refractivity (Wildman–Crippen MR) is 82.9 cm³/mol. The number of nitrogens with one attached hydrogen (secondary N) is 1. The summed E-state index contributed by atoms with van der Waals surface area (Å²) in [4.78, 5) is 0.262. The zero-order valence-electron chi connectivity index (χ0n) is 12.7. The molecule has 1 N–H and O–H groups in total. The highest BCUT2D eigenvalue weighted by Crippen LogP contribution is 2.33. The Morgan fingerprint density at radius 1 is 1.14 bits per heavy atom. The topological polar surface area (TPSA) is 67.9 Å². The maximum Gasteiger partial charge on any atom is 0.243 e. The van der Waals surface area contributed by atoms with Crippen molar-refractivity contribution in [2.45, 2.75) is 30.2 Å². The second kappa shape index (κ2) is 6.44. The SMILES string of the molecule is CN(C1CCNCC1)S(=O)(=O)c1ccc2c(c1)OCCCO2. The van der Waals surface area contributed by atoms with Crippen molar-refractivity contribution in [3.8, 4) is 11.5 Å². The van der Waals surface area contributed by atoms with Crippen molar-refractivity contribution >= 4 is 10.0 Å². The molecule has 0 amide bonds. The average Bonchev–Trinajstić information content (AvgIpc) is 2.79. The molecule has 0 atom stereocenters. The van der Waals surface area contributed by atoms with Crippen LogP contribution in [0.1, 0.15) is 19.3 Å². The third-order valence-electron chi connectivity index (χ3n) is 4.22. The Hall–Kier alpha value is -1.31. The predicted octanol–water partition coefficient (Wildman–Crippen LogP) is 1.22. The molecule has 0 aliphatic carbocycles. The minimum atomic E-state index is -3.51. The number of sulfonamides is 1. The van der Waals surface area contributed by atoms with Crippen LogP contribution in [0.4, 0.5) is 0 Å². The molecule has 22 heavy (non-hydrogen) atoms. The van der Waals surface area contributed by atoms with Crippen molar-refractivity contribution in [1.82, 2.24) is 9.62 Å². The summed E-state index contributed by atoms with van der Waals surface area (Å²) in [5, 5.41) is 3.25. The third-order valence-corrected chi connectivity index (χ3v) is 6.12. The summed E-state index contributed by atoms with van der Waals surface area (Å²) in [5.41, 5.74) is 0. The molecule has 1 saturated heterocycles. The Kier molecular flexibility index (Phi) is 4.56. The molecule has 3 rings (SSSR count). The number of hydrogen-bond donors (Lipinski definition) is 1. The van der Waals surface area contributed by atoms with Gasteiger partial charge in [-0.25, -0.2) is 8.42 Å². The maximum atomic E-state index is 12.8. The van der Waals surface area contributed by atoms with Gasteiger partial charge < -0.3 is 14.8 Å². The molecule has 0 unspecified atom stereocenters. The first-order valence-electron chi connectivity index (χ1n) is 7.67. The highest BCUT2D eigenvalue weighted by Gasteiger charge is 2.29. The highest BCUT2D eigenvalue weighted by molar-refractivity contribution is 7.89. The highest BCUT2D eigenvalue weighted by atomic mass is 32.2. The van der Waals surface area contributed by atoms with E-state index < -0.39 is 10.0 Å². The normalized spacial score (nSPS) is 19.9.